The molecule has 0 bridgehead atoms. The average molecular weight is 417 g/mol. The highest BCUT2D eigenvalue weighted by atomic mass is 16.6. The zero-order valence-corrected chi connectivity index (χ0v) is 17.2. The molecule has 31 heavy (non-hydrogen) atoms. The largest absolute Gasteiger partial charge is 0.371 e. The quantitative estimate of drug-likeness (QED) is 0.505. The van der Waals surface area contributed by atoms with Crippen LogP contribution in [0.15, 0.2) is 55.1 Å². The van der Waals surface area contributed by atoms with Gasteiger partial charge in [0.25, 0.3) is 0 Å². The van der Waals surface area contributed by atoms with Crippen molar-refractivity contribution in [1.29, 1.82) is 0 Å². The molecule has 0 aliphatic carbocycles. The third-order valence-corrected chi connectivity index (χ3v) is 6.12. The molecule has 2 saturated heterocycles. The molecule has 9 nitrogen and oxygen atoms in total. The molecule has 1 aromatic carbocycles. The summed E-state index contributed by atoms with van der Waals surface area (Å²) < 4.78 is 16.7. The molecule has 0 N–H and O–H groups in total. The number of anilines is 1. The van der Waals surface area contributed by atoms with Crippen LogP contribution in [0.2, 0.25) is 0 Å². The van der Waals surface area contributed by atoms with Gasteiger partial charge in [0, 0.05) is 32.5 Å². The zero-order chi connectivity index (χ0) is 20.8. The number of ether oxygens (including phenoxy) is 2. The Hall–Kier alpha value is -3.30. The van der Waals surface area contributed by atoms with Crippen molar-refractivity contribution in [1.82, 2.24) is 29.3 Å². The highest BCUT2D eigenvalue weighted by molar-refractivity contribution is 5.75. The van der Waals surface area contributed by atoms with Crippen LogP contribution in [0.25, 0.3) is 22.6 Å². The zero-order valence-electron chi connectivity index (χ0n) is 17.2. The van der Waals surface area contributed by atoms with Gasteiger partial charge in [-0.05, 0) is 24.3 Å². The number of para-hydroxylation sites is 2. The predicted octanol–water partition coefficient (Wildman–Crippen LogP) is 2.07. The second kappa shape index (κ2) is 7.44. The molecule has 2 atom stereocenters. The summed E-state index contributed by atoms with van der Waals surface area (Å²) in [7, 11) is 1.95. The maximum Gasteiger partial charge on any atom is 0.160 e. The molecule has 2 aliphatic heterocycles. The lowest BCUT2D eigenvalue weighted by Gasteiger charge is -2.20. The van der Waals surface area contributed by atoms with Gasteiger partial charge in [-0.2, -0.15) is 0 Å². The van der Waals surface area contributed by atoms with Crippen molar-refractivity contribution < 1.29 is 9.47 Å². The second-order valence-electron chi connectivity index (χ2n) is 8.08. The number of nitrogens with zero attached hydrogens (tertiary/aromatic N) is 7. The molecule has 0 amide bonds. The van der Waals surface area contributed by atoms with Crippen LogP contribution in [-0.2, 0) is 16.5 Å². The van der Waals surface area contributed by atoms with Crippen molar-refractivity contribution in [2.75, 3.05) is 31.2 Å². The first kappa shape index (κ1) is 18.5. The van der Waals surface area contributed by atoms with Gasteiger partial charge < -0.3 is 23.5 Å². The van der Waals surface area contributed by atoms with Gasteiger partial charge in [0.05, 0.1) is 36.6 Å². The summed E-state index contributed by atoms with van der Waals surface area (Å²) in [5.41, 5.74) is 2.86. The van der Waals surface area contributed by atoms with Gasteiger partial charge in [0.15, 0.2) is 11.6 Å². The number of benzene rings is 1. The van der Waals surface area contributed by atoms with Crippen molar-refractivity contribution >= 4 is 16.9 Å². The maximum absolute atomic E-state index is 6.29. The molecule has 158 valence electrons. The van der Waals surface area contributed by atoms with E-state index in [4.69, 9.17) is 9.47 Å². The lowest BCUT2D eigenvalue weighted by Crippen LogP contribution is -2.27. The van der Waals surface area contributed by atoms with Gasteiger partial charge in [0.1, 0.15) is 17.9 Å². The van der Waals surface area contributed by atoms with Crippen molar-refractivity contribution in [2.24, 2.45) is 7.05 Å². The Morgan fingerprint density at radius 2 is 1.74 bits per heavy atom. The van der Waals surface area contributed by atoms with Crippen LogP contribution >= 0.6 is 0 Å². The molecule has 9 heteroatoms. The van der Waals surface area contributed by atoms with E-state index < -0.39 is 0 Å². The van der Waals surface area contributed by atoms with E-state index in [2.05, 4.69) is 35.7 Å². The SMILES string of the molecule is Cn1ccnc1-c1ccc(N2C[C@@H]3OCC(n4cnc5ccccc54)CO[C@H]3C2)nn1. The van der Waals surface area contributed by atoms with Crippen LogP contribution in [-0.4, -0.2) is 67.8 Å². The molecule has 2 aliphatic rings. The Kier molecular flexibility index (Phi) is 4.43. The fraction of sp³-hybridized carbons (Fsp3) is 0.364. The first-order valence-corrected chi connectivity index (χ1v) is 10.5. The van der Waals surface area contributed by atoms with E-state index in [1.54, 1.807) is 6.20 Å². The number of aryl methyl sites for hydroxylation is 1. The van der Waals surface area contributed by atoms with E-state index in [1.807, 2.05) is 54.5 Å². The van der Waals surface area contributed by atoms with Crippen LogP contribution in [0.1, 0.15) is 6.04 Å². The number of rotatable bonds is 3. The van der Waals surface area contributed by atoms with Crippen LogP contribution in [0.5, 0.6) is 0 Å². The fourth-order valence-corrected chi connectivity index (χ4v) is 4.42. The Morgan fingerprint density at radius 3 is 2.45 bits per heavy atom. The molecule has 0 radical (unpaired) electrons. The molecule has 6 rings (SSSR count). The van der Waals surface area contributed by atoms with Gasteiger partial charge in [-0.1, -0.05) is 12.1 Å². The Bertz CT molecular complexity index is 1190. The first-order valence-electron chi connectivity index (χ1n) is 10.5. The lowest BCUT2D eigenvalue weighted by molar-refractivity contribution is -0.00461. The lowest BCUT2D eigenvalue weighted by atomic mass is 10.2. The number of imidazole rings is 2. The van der Waals surface area contributed by atoms with Crippen molar-refractivity contribution in [3.05, 3.63) is 55.1 Å². The van der Waals surface area contributed by atoms with E-state index in [0.29, 0.717) is 13.2 Å². The summed E-state index contributed by atoms with van der Waals surface area (Å²) in [5.74, 6) is 1.63. The number of aromatic nitrogens is 6. The van der Waals surface area contributed by atoms with Crippen molar-refractivity contribution in [2.45, 2.75) is 18.2 Å². The van der Waals surface area contributed by atoms with Crippen LogP contribution < -0.4 is 4.90 Å². The molecule has 0 unspecified atom stereocenters. The van der Waals surface area contributed by atoms with Gasteiger partial charge in [-0.15, -0.1) is 10.2 Å². The third kappa shape index (κ3) is 3.26. The Labute approximate surface area is 179 Å². The highest BCUT2D eigenvalue weighted by Crippen LogP contribution is 2.28. The highest BCUT2D eigenvalue weighted by Gasteiger charge is 2.38. The fourth-order valence-electron chi connectivity index (χ4n) is 4.42. The molecule has 5 heterocycles. The first-order chi connectivity index (χ1) is 15.3. The molecule has 3 aromatic heterocycles. The monoisotopic (exact) mass is 417 g/mol. The van der Waals surface area contributed by atoms with Gasteiger partial charge in [-0.25, -0.2) is 9.97 Å². The molecule has 0 spiro atoms. The summed E-state index contributed by atoms with van der Waals surface area (Å²) in [5, 5.41) is 8.80. The topological polar surface area (TPSA) is 83.1 Å². The van der Waals surface area contributed by atoms with E-state index in [9.17, 15) is 0 Å². The van der Waals surface area contributed by atoms with Gasteiger partial charge in [-0.3, -0.25) is 0 Å². The minimum atomic E-state index is 0.0100. The van der Waals surface area contributed by atoms with E-state index in [-0.39, 0.29) is 18.2 Å². The molecule has 0 saturated carbocycles. The molecule has 2 fully saturated rings. The predicted molar refractivity (Wildman–Crippen MR) is 115 cm³/mol. The van der Waals surface area contributed by atoms with Crippen LogP contribution in [0.4, 0.5) is 5.82 Å². The van der Waals surface area contributed by atoms with Crippen LogP contribution in [0.3, 0.4) is 0 Å². The van der Waals surface area contributed by atoms with Gasteiger partial charge in [0.2, 0.25) is 0 Å². The van der Waals surface area contributed by atoms with Crippen molar-refractivity contribution in [3.63, 3.8) is 0 Å². The summed E-state index contributed by atoms with van der Waals surface area (Å²) in [6.07, 6.45) is 5.56. The molecular weight excluding hydrogens is 394 g/mol. The minimum absolute atomic E-state index is 0.0100. The summed E-state index contributed by atoms with van der Waals surface area (Å²) in [6.45, 7) is 2.66. The second-order valence-corrected chi connectivity index (χ2v) is 8.08. The summed E-state index contributed by atoms with van der Waals surface area (Å²) in [6, 6.07) is 12.2. The number of hydrogen-bond acceptors (Lipinski definition) is 7. The molecular formula is C22H23N7O2. The Morgan fingerprint density at radius 1 is 0.935 bits per heavy atom. The van der Waals surface area contributed by atoms with E-state index in [0.717, 1.165) is 41.5 Å². The van der Waals surface area contributed by atoms with E-state index in [1.165, 1.54) is 0 Å². The maximum atomic E-state index is 6.29. The summed E-state index contributed by atoms with van der Waals surface area (Å²) >= 11 is 0. The third-order valence-electron chi connectivity index (χ3n) is 6.12. The normalized spacial score (nSPS) is 22.0. The standard InChI is InChI=1S/C22H23N7O2/c1-27-9-8-23-22(27)17-6-7-21(26-25-17)28-10-19-20(11-28)31-13-15(12-30-19)29-14-24-16-4-2-3-5-18(16)29/h2-9,14-15,19-20H,10-13H2,1H3/t19-,20-/m0/s1. The number of fused-ring (bicyclic) bond motifs is 2. The average Bonchev–Trinajstić information content (AvgIpc) is 3.50. The smallest absolute Gasteiger partial charge is 0.160 e. The molecule has 4 aromatic rings. The van der Waals surface area contributed by atoms with Crippen LogP contribution in [0, 0.1) is 0 Å². The van der Waals surface area contributed by atoms with E-state index >= 15 is 0 Å². The minimum Gasteiger partial charge on any atom is -0.371 e. The van der Waals surface area contributed by atoms with Gasteiger partial charge >= 0.3 is 0 Å². The Balaban J connectivity index is 1.14. The number of hydrogen-bond donors (Lipinski definition) is 0. The van der Waals surface area contributed by atoms with Crippen molar-refractivity contribution in [3.8, 4) is 11.5 Å². The summed E-state index contributed by atoms with van der Waals surface area (Å²) in [4.78, 5) is 11.0.